The zero-order chi connectivity index (χ0) is 17.0. The van der Waals surface area contributed by atoms with Crippen LogP contribution in [0.15, 0.2) is 42.5 Å². The van der Waals surface area contributed by atoms with Crippen LogP contribution in [0.3, 0.4) is 0 Å². The molecule has 1 unspecified atom stereocenters. The van der Waals surface area contributed by atoms with E-state index in [1.807, 2.05) is 24.3 Å². The lowest BCUT2D eigenvalue weighted by atomic mass is 10.0. The van der Waals surface area contributed by atoms with Crippen LogP contribution in [-0.4, -0.2) is 12.0 Å². The summed E-state index contributed by atoms with van der Waals surface area (Å²) in [7, 11) is 0. The molecule has 1 N–H and O–H groups in total. The molecule has 0 saturated carbocycles. The molecular weight excluding hydrogens is 333 g/mol. The molecule has 0 aromatic heterocycles. The Morgan fingerprint density at radius 3 is 2.26 bits per heavy atom. The van der Waals surface area contributed by atoms with Crippen LogP contribution in [0.1, 0.15) is 32.3 Å². The van der Waals surface area contributed by atoms with Gasteiger partial charge in [-0.2, -0.15) is 0 Å². The number of halogens is 2. The first-order chi connectivity index (χ1) is 10.9. The van der Waals surface area contributed by atoms with Crippen LogP contribution in [0.4, 0.5) is 5.69 Å². The summed E-state index contributed by atoms with van der Waals surface area (Å²) in [4.78, 5) is 12.2. The van der Waals surface area contributed by atoms with E-state index in [1.54, 1.807) is 25.1 Å². The molecule has 3 nitrogen and oxygen atoms in total. The van der Waals surface area contributed by atoms with Crippen molar-refractivity contribution in [3.05, 3.63) is 58.1 Å². The van der Waals surface area contributed by atoms with Crippen LogP contribution in [0.25, 0.3) is 0 Å². The highest BCUT2D eigenvalue weighted by Gasteiger charge is 2.16. The first-order valence-electron chi connectivity index (χ1n) is 7.39. The average molecular weight is 352 g/mol. The maximum atomic E-state index is 12.2. The first kappa shape index (κ1) is 17.6. The van der Waals surface area contributed by atoms with Crippen molar-refractivity contribution in [2.45, 2.75) is 32.8 Å². The van der Waals surface area contributed by atoms with E-state index in [-0.39, 0.29) is 5.91 Å². The predicted molar refractivity (Wildman–Crippen MR) is 95.7 cm³/mol. The van der Waals surface area contributed by atoms with Crippen molar-refractivity contribution in [2.75, 3.05) is 5.32 Å². The van der Waals surface area contributed by atoms with E-state index in [2.05, 4.69) is 19.2 Å². The number of rotatable bonds is 5. The third-order valence-electron chi connectivity index (χ3n) is 3.42. The molecule has 0 aliphatic heterocycles. The van der Waals surface area contributed by atoms with Crippen LogP contribution < -0.4 is 10.1 Å². The zero-order valence-corrected chi connectivity index (χ0v) is 14.8. The van der Waals surface area contributed by atoms with Gasteiger partial charge in [0.25, 0.3) is 5.91 Å². The van der Waals surface area contributed by atoms with Gasteiger partial charge in [-0.15, -0.1) is 0 Å². The van der Waals surface area contributed by atoms with Gasteiger partial charge >= 0.3 is 0 Å². The van der Waals surface area contributed by atoms with E-state index in [0.717, 1.165) is 0 Å². The van der Waals surface area contributed by atoms with Gasteiger partial charge in [0.1, 0.15) is 5.75 Å². The largest absolute Gasteiger partial charge is 0.481 e. The molecule has 0 radical (unpaired) electrons. The second kappa shape index (κ2) is 7.71. The zero-order valence-electron chi connectivity index (χ0n) is 13.3. The van der Waals surface area contributed by atoms with Crippen LogP contribution in [0, 0.1) is 0 Å². The molecule has 0 saturated heterocycles. The quantitative estimate of drug-likeness (QED) is 0.769. The standard InChI is InChI=1S/C18H19Cl2NO2/c1-11(2)13-4-7-15(8-5-13)23-12(3)18(22)21-17-9-6-14(19)10-16(17)20/h4-12H,1-3H3,(H,21,22). The number of anilines is 1. The second-order valence-electron chi connectivity index (χ2n) is 5.60. The van der Waals surface area contributed by atoms with Gasteiger partial charge in [0, 0.05) is 5.02 Å². The maximum absolute atomic E-state index is 12.2. The number of ether oxygens (including phenoxy) is 1. The van der Waals surface area contributed by atoms with Crippen LogP contribution in [0.2, 0.25) is 10.0 Å². The molecular formula is C18H19Cl2NO2. The van der Waals surface area contributed by atoms with E-state index >= 15 is 0 Å². The number of hydrogen-bond acceptors (Lipinski definition) is 2. The number of amides is 1. The predicted octanol–water partition coefficient (Wildman–Crippen LogP) is 5.52. The summed E-state index contributed by atoms with van der Waals surface area (Å²) >= 11 is 11.9. The molecule has 5 heteroatoms. The Bertz CT molecular complexity index is 684. The van der Waals surface area contributed by atoms with Gasteiger partial charge in [0.15, 0.2) is 6.10 Å². The Hall–Kier alpha value is -1.71. The topological polar surface area (TPSA) is 38.3 Å². The summed E-state index contributed by atoms with van der Waals surface area (Å²) in [5, 5.41) is 3.64. The van der Waals surface area contributed by atoms with Crippen LogP contribution in [0.5, 0.6) is 5.75 Å². The van der Waals surface area contributed by atoms with Crippen molar-refractivity contribution in [2.24, 2.45) is 0 Å². The number of benzene rings is 2. The Kier molecular flexibility index (Phi) is 5.91. The Morgan fingerprint density at radius 2 is 1.70 bits per heavy atom. The Morgan fingerprint density at radius 1 is 1.04 bits per heavy atom. The molecule has 122 valence electrons. The van der Waals surface area contributed by atoms with Crippen molar-refractivity contribution >= 4 is 34.8 Å². The summed E-state index contributed by atoms with van der Waals surface area (Å²) in [6.45, 7) is 5.94. The summed E-state index contributed by atoms with van der Waals surface area (Å²) in [6.07, 6.45) is -0.647. The number of carbonyl (C=O) groups is 1. The molecule has 0 heterocycles. The average Bonchev–Trinajstić information content (AvgIpc) is 2.50. The van der Waals surface area contributed by atoms with E-state index < -0.39 is 6.10 Å². The van der Waals surface area contributed by atoms with Crippen molar-refractivity contribution in [3.8, 4) is 5.75 Å². The lowest BCUT2D eigenvalue weighted by Gasteiger charge is -2.16. The lowest BCUT2D eigenvalue weighted by Crippen LogP contribution is -2.30. The second-order valence-corrected chi connectivity index (χ2v) is 6.44. The number of hydrogen-bond donors (Lipinski definition) is 1. The molecule has 1 atom stereocenters. The normalized spacial score (nSPS) is 12.1. The molecule has 0 fully saturated rings. The van der Waals surface area contributed by atoms with Gasteiger partial charge < -0.3 is 10.1 Å². The summed E-state index contributed by atoms with van der Waals surface area (Å²) in [5.41, 5.74) is 1.73. The number of nitrogens with one attached hydrogen (secondary N) is 1. The maximum Gasteiger partial charge on any atom is 0.265 e. The minimum atomic E-state index is -0.647. The smallest absolute Gasteiger partial charge is 0.265 e. The fourth-order valence-corrected chi connectivity index (χ4v) is 2.47. The summed E-state index contributed by atoms with van der Waals surface area (Å²) in [5.74, 6) is 0.832. The van der Waals surface area contributed by atoms with Crippen LogP contribution in [-0.2, 0) is 4.79 Å². The van der Waals surface area contributed by atoms with Crippen molar-refractivity contribution in [3.63, 3.8) is 0 Å². The Labute approximate surface area is 146 Å². The lowest BCUT2D eigenvalue weighted by molar-refractivity contribution is -0.122. The molecule has 23 heavy (non-hydrogen) atoms. The molecule has 2 aromatic carbocycles. The van der Waals surface area contributed by atoms with E-state index in [1.165, 1.54) is 5.56 Å². The van der Waals surface area contributed by atoms with Crippen molar-refractivity contribution in [1.82, 2.24) is 0 Å². The highest BCUT2D eigenvalue weighted by atomic mass is 35.5. The monoisotopic (exact) mass is 351 g/mol. The minimum absolute atomic E-state index is 0.276. The molecule has 2 rings (SSSR count). The number of carbonyl (C=O) groups excluding carboxylic acids is 1. The molecule has 0 aliphatic rings. The molecule has 0 aliphatic carbocycles. The van der Waals surface area contributed by atoms with E-state index in [9.17, 15) is 4.79 Å². The SMILES string of the molecule is CC(Oc1ccc(C(C)C)cc1)C(=O)Nc1ccc(Cl)cc1Cl. The van der Waals surface area contributed by atoms with Gasteiger partial charge in [-0.3, -0.25) is 4.79 Å². The highest BCUT2D eigenvalue weighted by molar-refractivity contribution is 6.36. The van der Waals surface area contributed by atoms with Crippen LogP contribution >= 0.6 is 23.2 Å². The van der Waals surface area contributed by atoms with Gasteiger partial charge in [-0.1, -0.05) is 49.2 Å². The van der Waals surface area contributed by atoms with E-state index in [0.29, 0.717) is 27.4 Å². The summed E-state index contributed by atoms with van der Waals surface area (Å²) in [6, 6.07) is 12.6. The minimum Gasteiger partial charge on any atom is -0.481 e. The fraction of sp³-hybridized carbons (Fsp3) is 0.278. The molecule has 2 aromatic rings. The third-order valence-corrected chi connectivity index (χ3v) is 3.97. The van der Waals surface area contributed by atoms with E-state index in [4.69, 9.17) is 27.9 Å². The third kappa shape index (κ3) is 4.88. The molecule has 0 bridgehead atoms. The molecule has 0 spiro atoms. The first-order valence-corrected chi connectivity index (χ1v) is 8.15. The molecule has 1 amide bonds. The van der Waals surface area contributed by atoms with Crippen molar-refractivity contribution < 1.29 is 9.53 Å². The fourth-order valence-electron chi connectivity index (χ4n) is 2.01. The highest BCUT2D eigenvalue weighted by Crippen LogP contribution is 2.26. The van der Waals surface area contributed by atoms with Gasteiger partial charge in [-0.25, -0.2) is 0 Å². The van der Waals surface area contributed by atoms with Gasteiger partial charge in [0.05, 0.1) is 10.7 Å². The summed E-state index contributed by atoms with van der Waals surface area (Å²) < 4.78 is 5.67. The van der Waals surface area contributed by atoms with Gasteiger partial charge in [0.2, 0.25) is 0 Å². The van der Waals surface area contributed by atoms with Gasteiger partial charge in [-0.05, 0) is 48.7 Å². The van der Waals surface area contributed by atoms with Crippen molar-refractivity contribution in [1.29, 1.82) is 0 Å². The Balaban J connectivity index is 1.99.